The topological polar surface area (TPSA) is 93.2 Å². The minimum Gasteiger partial charge on any atom is -0.466 e. The lowest BCUT2D eigenvalue weighted by Crippen LogP contribution is -2.39. The van der Waals surface area contributed by atoms with Gasteiger partial charge in [-0.3, -0.25) is 14.3 Å². The predicted molar refractivity (Wildman–Crippen MR) is 94.3 cm³/mol. The molecule has 1 unspecified atom stereocenters. The molecule has 2 aromatic rings. The van der Waals surface area contributed by atoms with E-state index in [1.165, 1.54) is 17.7 Å². The van der Waals surface area contributed by atoms with Crippen LogP contribution in [0.15, 0.2) is 45.1 Å². The Hall–Kier alpha value is -2.51. The molecule has 1 aliphatic rings. The zero-order valence-corrected chi connectivity index (χ0v) is 14.7. The first-order chi connectivity index (χ1) is 11.8. The zero-order valence-electron chi connectivity index (χ0n) is 13.2. The summed E-state index contributed by atoms with van der Waals surface area (Å²) < 4.78 is 6.09. The van der Waals surface area contributed by atoms with E-state index in [9.17, 15) is 14.4 Å². The zero-order chi connectivity index (χ0) is 18.3. The van der Waals surface area contributed by atoms with E-state index in [1.807, 2.05) is 0 Å². The molecular weight excluding hydrogens is 369 g/mol. The van der Waals surface area contributed by atoms with Crippen LogP contribution >= 0.6 is 23.2 Å². The molecule has 0 aliphatic carbocycles. The van der Waals surface area contributed by atoms with Gasteiger partial charge in [0.1, 0.15) is 11.9 Å². The molecule has 1 aromatic heterocycles. The summed E-state index contributed by atoms with van der Waals surface area (Å²) in [5.74, 6) is -0.394. The van der Waals surface area contributed by atoms with Crippen molar-refractivity contribution in [2.24, 2.45) is 0 Å². The van der Waals surface area contributed by atoms with Crippen molar-refractivity contribution in [2.75, 3.05) is 12.4 Å². The van der Waals surface area contributed by atoms with Gasteiger partial charge < -0.3 is 10.1 Å². The van der Waals surface area contributed by atoms with Crippen molar-refractivity contribution < 1.29 is 9.53 Å². The fourth-order valence-electron chi connectivity index (χ4n) is 2.85. The number of allylic oxidation sites excluding steroid dienone is 1. The highest BCUT2D eigenvalue weighted by molar-refractivity contribution is 6.42. The molecule has 3 rings (SSSR count). The van der Waals surface area contributed by atoms with Crippen LogP contribution in [-0.2, 0) is 9.53 Å². The van der Waals surface area contributed by atoms with E-state index in [4.69, 9.17) is 27.9 Å². The van der Waals surface area contributed by atoms with Gasteiger partial charge in [-0.1, -0.05) is 35.3 Å². The highest BCUT2D eigenvalue weighted by Gasteiger charge is 2.35. The molecule has 0 amide bonds. The third kappa shape index (κ3) is 2.85. The molecule has 7 nitrogen and oxygen atoms in total. The summed E-state index contributed by atoms with van der Waals surface area (Å²) >= 11 is 12.4. The van der Waals surface area contributed by atoms with Gasteiger partial charge in [0.05, 0.1) is 22.7 Å². The first-order valence-electron chi connectivity index (χ1n) is 7.21. The number of carbonyl (C=O) groups excluding carboxylic acids is 1. The molecule has 0 fully saturated rings. The smallest absolute Gasteiger partial charge is 0.337 e. The summed E-state index contributed by atoms with van der Waals surface area (Å²) in [4.78, 5) is 38.6. The van der Waals surface area contributed by atoms with E-state index < -0.39 is 23.3 Å². The first-order valence-corrected chi connectivity index (χ1v) is 7.96. The van der Waals surface area contributed by atoms with E-state index in [1.54, 1.807) is 25.1 Å². The highest BCUT2D eigenvalue weighted by atomic mass is 35.5. The van der Waals surface area contributed by atoms with Gasteiger partial charge in [0.25, 0.3) is 5.56 Å². The van der Waals surface area contributed by atoms with Crippen molar-refractivity contribution in [1.29, 1.82) is 0 Å². The Morgan fingerprint density at radius 1 is 1.28 bits per heavy atom. The number of methoxy groups -OCH3 is 1. The number of hydrogen-bond acceptors (Lipinski definition) is 5. The van der Waals surface area contributed by atoms with Crippen molar-refractivity contribution in [2.45, 2.75) is 13.0 Å². The van der Waals surface area contributed by atoms with Crippen LogP contribution in [0.3, 0.4) is 0 Å². The maximum atomic E-state index is 12.4. The summed E-state index contributed by atoms with van der Waals surface area (Å²) in [5.41, 5.74) is -0.184. The molecular formula is C16H13Cl2N3O4. The SMILES string of the molecule is COC(=O)C1=C(C)Nc2cc(=O)[nH]c(=O)n2C1c1cccc(Cl)c1Cl. The van der Waals surface area contributed by atoms with Gasteiger partial charge in [0.2, 0.25) is 0 Å². The molecule has 130 valence electrons. The van der Waals surface area contributed by atoms with Crippen LogP contribution in [0, 0.1) is 0 Å². The monoisotopic (exact) mass is 381 g/mol. The van der Waals surface area contributed by atoms with Crippen molar-refractivity contribution in [3.05, 3.63) is 72.0 Å². The van der Waals surface area contributed by atoms with Gasteiger partial charge in [0.15, 0.2) is 0 Å². The summed E-state index contributed by atoms with van der Waals surface area (Å²) in [6, 6.07) is 5.23. The Labute approximate surface area is 151 Å². The lowest BCUT2D eigenvalue weighted by molar-refractivity contribution is -0.136. The van der Waals surface area contributed by atoms with Crippen LogP contribution < -0.4 is 16.6 Å². The van der Waals surface area contributed by atoms with Crippen LogP contribution in [0.4, 0.5) is 5.82 Å². The molecule has 0 radical (unpaired) electrons. The quantitative estimate of drug-likeness (QED) is 0.778. The molecule has 0 saturated heterocycles. The number of aromatic amines is 1. The Balaban J connectivity index is 2.39. The first kappa shape index (κ1) is 17.3. The van der Waals surface area contributed by atoms with Crippen LogP contribution in [0.2, 0.25) is 10.0 Å². The molecule has 0 bridgehead atoms. The number of halogens is 2. The van der Waals surface area contributed by atoms with Gasteiger partial charge >= 0.3 is 11.7 Å². The number of aromatic nitrogens is 2. The second kappa shape index (κ2) is 6.42. The number of rotatable bonds is 2. The van der Waals surface area contributed by atoms with Gasteiger partial charge in [0, 0.05) is 17.3 Å². The molecule has 1 atom stereocenters. The number of fused-ring (bicyclic) bond motifs is 1. The summed E-state index contributed by atoms with van der Waals surface area (Å²) in [5, 5.41) is 3.37. The van der Waals surface area contributed by atoms with Crippen molar-refractivity contribution in [3.8, 4) is 0 Å². The number of H-pyrrole nitrogens is 1. The second-order valence-electron chi connectivity index (χ2n) is 5.39. The fraction of sp³-hybridized carbons (Fsp3) is 0.188. The minimum absolute atomic E-state index is 0.188. The maximum Gasteiger partial charge on any atom is 0.337 e. The van der Waals surface area contributed by atoms with E-state index in [2.05, 4.69) is 10.3 Å². The number of ether oxygens (including phenoxy) is 1. The second-order valence-corrected chi connectivity index (χ2v) is 6.18. The normalized spacial score (nSPS) is 16.2. The maximum absolute atomic E-state index is 12.4. The molecule has 1 aromatic carbocycles. The van der Waals surface area contributed by atoms with E-state index >= 15 is 0 Å². The third-order valence-electron chi connectivity index (χ3n) is 3.91. The molecule has 2 N–H and O–H groups in total. The van der Waals surface area contributed by atoms with Gasteiger partial charge in [-0.05, 0) is 13.0 Å². The largest absolute Gasteiger partial charge is 0.466 e. The average molecular weight is 382 g/mol. The number of benzene rings is 1. The Morgan fingerprint density at radius 2 is 2.00 bits per heavy atom. The van der Waals surface area contributed by atoms with Crippen LogP contribution in [0.1, 0.15) is 18.5 Å². The molecule has 9 heteroatoms. The number of anilines is 1. The summed E-state index contributed by atoms with van der Waals surface area (Å²) in [7, 11) is 1.24. The van der Waals surface area contributed by atoms with Crippen LogP contribution in [0.25, 0.3) is 0 Å². The minimum atomic E-state index is -0.903. The van der Waals surface area contributed by atoms with E-state index in [0.29, 0.717) is 11.3 Å². The van der Waals surface area contributed by atoms with Crippen LogP contribution in [0.5, 0.6) is 0 Å². The summed E-state index contributed by atoms with van der Waals surface area (Å²) in [6.07, 6.45) is 0. The highest BCUT2D eigenvalue weighted by Crippen LogP contribution is 2.39. The van der Waals surface area contributed by atoms with E-state index in [-0.39, 0.29) is 21.4 Å². The van der Waals surface area contributed by atoms with Crippen molar-refractivity contribution in [1.82, 2.24) is 9.55 Å². The number of hydrogen-bond donors (Lipinski definition) is 2. The van der Waals surface area contributed by atoms with E-state index in [0.717, 1.165) is 0 Å². The number of nitrogens with one attached hydrogen (secondary N) is 2. The van der Waals surface area contributed by atoms with Gasteiger partial charge in [-0.2, -0.15) is 0 Å². The lowest BCUT2D eigenvalue weighted by Gasteiger charge is -2.31. The third-order valence-corrected chi connectivity index (χ3v) is 4.74. The Bertz CT molecular complexity index is 1020. The number of esters is 1. The Morgan fingerprint density at radius 3 is 2.68 bits per heavy atom. The molecule has 0 saturated carbocycles. The molecule has 2 heterocycles. The number of carbonyl (C=O) groups is 1. The number of nitrogens with zero attached hydrogens (tertiary/aromatic N) is 1. The van der Waals surface area contributed by atoms with Gasteiger partial charge in [-0.15, -0.1) is 0 Å². The lowest BCUT2D eigenvalue weighted by atomic mass is 9.95. The average Bonchev–Trinajstić information content (AvgIpc) is 2.55. The molecule has 1 aliphatic heterocycles. The van der Waals surface area contributed by atoms with Gasteiger partial charge in [-0.25, -0.2) is 9.59 Å². The molecule has 25 heavy (non-hydrogen) atoms. The standard InChI is InChI=1S/C16H13Cl2N3O4/c1-7-12(15(23)25-2)14(8-4-3-5-9(17)13(8)18)21-10(19-7)6-11(22)20-16(21)24/h3-6,14,19H,1-2H3,(H,20,22,24). The Kier molecular flexibility index (Phi) is 4.45. The summed E-state index contributed by atoms with van der Waals surface area (Å²) in [6.45, 7) is 1.65. The van der Waals surface area contributed by atoms with Crippen LogP contribution in [-0.4, -0.2) is 22.6 Å². The predicted octanol–water partition coefficient (Wildman–Crippen LogP) is 2.31. The van der Waals surface area contributed by atoms with Crippen molar-refractivity contribution in [3.63, 3.8) is 0 Å². The molecule has 0 spiro atoms. The van der Waals surface area contributed by atoms with Crippen molar-refractivity contribution >= 4 is 35.0 Å². The fourth-order valence-corrected chi connectivity index (χ4v) is 3.26.